The van der Waals surface area contributed by atoms with Crippen LogP contribution >= 0.6 is 7.82 Å². The molecular formula is C57H107N2O7P. The van der Waals surface area contributed by atoms with E-state index in [-0.39, 0.29) is 24.9 Å². The highest BCUT2D eigenvalue weighted by Gasteiger charge is 2.27. The van der Waals surface area contributed by atoms with Crippen molar-refractivity contribution in [3.05, 3.63) is 48.6 Å². The highest BCUT2D eigenvalue weighted by atomic mass is 31.2. The van der Waals surface area contributed by atoms with Crippen LogP contribution in [-0.2, 0) is 27.9 Å². The number of phosphoric acid groups is 1. The molecule has 3 atom stereocenters. The molecule has 0 saturated heterocycles. The van der Waals surface area contributed by atoms with E-state index < -0.39 is 26.6 Å². The Bertz CT molecular complexity index is 1290. The number of ether oxygens (including phenoxy) is 1. The van der Waals surface area contributed by atoms with Gasteiger partial charge >= 0.3 is 5.97 Å². The molecule has 0 spiro atoms. The lowest BCUT2D eigenvalue weighted by Crippen LogP contribution is -2.47. The van der Waals surface area contributed by atoms with Gasteiger partial charge < -0.3 is 28.5 Å². The third-order valence-electron chi connectivity index (χ3n) is 12.3. The molecule has 67 heavy (non-hydrogen) atoms. The van der Waals surface area contributed by atoms with Gasteiger partial charge in [-0.3, -0.25) is 14.2 Å². The fourth-order valence-electron chi connectivity index (χ4n) is 7.99. The van der Waals surface area contributed by atoms with E-state index in [1.54, 1.807) is 0 Å². The van der Waals surface area contributed by atoms with Crippen molar-refractivity contribution in [2.45, 2.75) is 264 Å². The van der Waals surface area contributed by atoms with Crippen LogP contribution in [0.3, 0.4) is 0 Å². The number of hydrogen-bond donors (Lipinski definition) is 1. The first-order chi connectivity index (χ1) is 32.4. The maximum absolute atomic E-state index is 13.4. The van der Waals surface area contributed by atoms with E-state index in [2.05, 4.69) is 56.5 Å². The number of rotatable bonds is 50. The number of carbonyl (C=O) groups is 2. The van der Waals surface area contributed by atoms with Gasteiger partial charge in [-0.05, 0) is 51.0 Å². The fourth-order valence-corrected chi connectivity index (χ4v) is 8.72. The average Bonchev–Trinajstić information content (AvgIpc) is 3.28. The van der Waals surface area contributed by atoms with E-state index >= 15 is 0 Å². The summed E-state index contributed by atoms with van der Waals surface area (Å²) in [4.78, 5) is 39.8. The Labute approximate surface area is 414 Å². The first kappa shape index (κ1) is 65.0. The Kier molecular flexibility index (Phi) is 46.2. The van der Waals surface area contributed by atoms with E-state index in [1.165, 1.54) is 135 Å². The van der Waals surface area contributed by atoms with Crippen LogP contribution in [0.15, 0.2) is 48.6 Å². The van der Waals surface area contributed by atoms with Gasteiger partial charge in [-0.1, -0.05) is 237 Å². The second kappa shape index (κ2) is 47.6. The number of esters is 1. The molecule has 0 rings (SSSR count). The summed E-state index contributed by atoms with van der Waals surface area (Å²) in [7, 11) is 1.17. The summed E-state index contributed by atoms with van der Waals surface area (Å²) in [5.41, 5.74) is 0. The van der Waals surface area contributed by atoms with E-state index in [0.29, 0.717) is 23.9 Å². The standard InChI is InChI=1S/C57H107N2O7P/c1-7-10-13-16-19-22-25-28-29-32-35-38-41-44-47-50-57(61)66-55(48-45-42-39-36-33-30-26-23-20-17-14-11-8-2)54(53-65-67(62,63)64-52-51-59(4,5)6)58-56(60)49-46-43-40-37-34-31-27-24-21-18-15-12-9-3/h12,15,18,21,24,27,45,48,54-55H,7-11,13-14,16-17,19-20,22-23,25-26,28-44,46-47,49-53H2,1-6H3,(H-,58,60,62,63)/b15-12+,21-18+,27-24-,48-45+. The average molecular weight is 963 g/mol. The maximum atomic E-state index is 13.4. The van der Waals surface area contributed by atoms with Gasteiger partial charge in [0.2, 0.25) is 5.91 Å². The van der Waals surface area contributed by atoms with Crippen molar-refractivity contribution in [1.82, 2.24) is 5.32 Å². The van der Waals surface area contributed by atoms with Gasteiger partial charge in [0, 0.05) is 12.8 Å². The molecule has 0 heterocycles. The number of carbonyl (C=O) groups excluding carboxylic acids is 2. The van der Waals surface area contributed by atoms with Crippen molar-refractivity contribution in [3.8, 4) is 0 Å². The lowest BCUT2D eigenvalue weighted by atomic mass is 10.0. The zero-order chi connectivity index (χ0) is 49.4. The zero-order valence-corrected chi connectivity index (χ0v) is 45.5. The second-order valence-corrected chi connectivity index (χ2v) is 21.5. The summed E-state index contributed by atoms with van der Waals surface area (Å²) in [5, 5.41) is 3.01. The molecule has 0 radical (unpaired) electrons. The van der Waals surface area contributed by atoms with E-state index in [4.69, 9.17) is 13.8 Å². The van der Waals surface area contributed by atoms with Gasteiger partial charge in [0.15, 0.2) is 0 Å². The number of unbranched alkanes of at least 4 members (excludes halogenated alkanes) is 30. The zero-order valence-electron chi connectivity index (χ0n) is 44.6. The van der Waals surface area contributed by atoms with Crippen LogP contribution in [0, 0.1) is 0 Å². The number of nitrogens with one attached hydrogen (secondary N) is 1. The number of allylic oxidation sites excluding steroid dienone is 7. The first-order valence-corrected chi connectivity index (χ1v) is 29.4. The third-order valence-corrected chi connectivity index (χ3v) is 13.3. The highest BCUT2D eigenvalue weighted by molar-refractivity contribution is 7.45. The Hall–Kier alpha value is -2.03. The molecule has 0 saturated carbocycles. The molecule has 0 aromatic carbocycles. The fraction of sp³-hybridized carbons (Fsp3) is 0.825. The highest BCUT2D eigenvalue weighted by Crippen LogP contribution is 2.38. The molecule has 392 valence electrons. The van der Waals surface area contributed by atoms with Crippen molar-refractivity contribution < 1.29 is 37.3 Å². The monoisotopic (exact) mass is 963 g/mol. The molecule has 0 aliphatic carbocycles. The smallest absolute Gasteiger partial charge is 0.306 e. The Morgan fingerprint density at radius 1 is 0.537 bits per heavy atom. The number of nitrogens with zero attached hydrogens (tertiary/aromatic N) is 1. The van der Waals surface area contributed by atoms with Gasteiger partial charge in [0.05, 0.1) is 33.8 Å². The minimum absolute atomic E-state index is 0.0260. The van der Waals surface area contributed by atoms with Gasteiger partial charge in [-0.25, -0.2) is 0 Å². The Morgan fingerprint density at radius 2 is 0.955 bits per heavy atom. The van der Waals surface area contributed by atoms with Crippen LogP contribution < -0.4 is 10.2 Å². The van der Waals surface area contributed by atoms with Crippen LogP contribution in [0.1, 0.15) is 252 Å². The number of amides is 1. The van der Waals surface area contributed by atoms with Gasteiger partial charge in [-0.15, -0.1) is 0 Å². The Balaban J connectivity index is 5.40. The molecule has 0 fully saturated rings. The summed E-state index contributed by atoms with van der Waals surface area (Å²) in [5.74, 6) is -0.559. The summed E-state index contributed by atoms with van der Waals surface area (Å²) in [6.07, 6.45) is 56.4. The molecule has 1 N–H and O–H groups in total. The molecule has 0 aromatic heterocycles. The van der Waals surface area contributed by atoms with Crippen molar-refractivity contribution in [1.29, 1.82) is 0 Å². The van der Waals surface area contributed by atoms with Crippen molar-refractivity contribution in [3.63, 3.8) is 0 Å². The van der Waals surface area contributed by atoms with Gasteiger partial charge in [-0.2, -0.15) is 0 Å². The first-order valence-electron chi connectivity index (χ1n) is 28.0. The predicted octanol–water partition coefficient (Wildman–Crippen LogP) is 15.9. The molecule has 9 nitrogen and oxygen atoms in total. The molecule has 10 heteroatoms. The van der Waals surface area contributed by atoms with Crippen LogP contribution in [-0.4, -0.2) is 69.4 Å². The summed E-state index contributed by atoms with van der Waals surface area (Å²) >= 11 is 0. The normalized spacial score (nSPS) is 14.2. The second-order valence-electron chi connectivity index (χ2n) is 20.1. The minimum Gasteiger partial charge on any atom is -0.756 e. The van der Waals surface area contributed by atoms with Gasteiger partial charge in [0.25, 0.3) is 7.82 Å². The van der Waals surface area contributed by atoms with Crippen LogP contribution in [0.5, 0.6) is 0 Å². The number of likely N-dealkylation sites (N-methyl/N-ethyl adjacent to an activating group) is 1. The largest absolute Gasteiger partial charge is 0.756 e. The van der Waals surface area contributed by atoms with E-state index in [1.807, 2.05) is 39.4 Å². The SMILES string of the molecule is CC/C=C/C=C/C=C\CCCCCCCC(=O)NC(COP(=O)([O-])OCC[N+](C)(C)C)C(/C=C/CCCCCCCCCCCCC)OC(=O)CCCCCCCCCCCCCCCCC. The lowest BCUT2D eigenvalue weighted by molar-refractivity contribution is -0.870. The Morgan fingerprint density at radius 3 is 1.42 bits per heavy atom. The molecule has 1 amide bonds. The summed E-state index contributed by atoms with van der Waals surface area (Å²) in [6, 6.07) is -0.895. The molecule has 0 aliphatic rings. The quantitative estimate of drug-likeness (QED) is 0.0161. The molecule has 3 unspecified atom stereocenters. The van der Waals surface area contributed by atoms with Crippen LogP contribution in [0.4, 0.5) is 0 Å². The van der Waals surface area contributed by atoms with Crippen LogP contribution in [0.2, 0.25) is 0 Å². The van der Waals surface area contributed by atoms with E-state index in [9.17, 15) is 19.0 Å². The van der Waals surface area contributed by atoms with Crippen molar-refractivity contribution in [2.24, 2.45) is 0 Å². The maximum Gasteiger partial charge on any atom is 0.306 e. The number of hydrogen-bond acceptors (Lipinski definition) is 7. The van der Waals surface area contributed by atoms with E-state index in [0.717, 1.165) is 77.0 Å². The topological polar surface area (TPSA) is 114 Å². The number of phosphoric ester groups is 1. The predicted molar refractivity (Wildman–Crippen MR) is 284 cm³/mol. The molecule has 0 aliphatic heterocycles. The third kappa shape index (κ3) is 48.8. The molecular weight excluding hydrogens is 856 g/mol. The lowest BCUT2D eigenvalue weighted by Gasteiger charge is -2.30. The molecule has 0 aromatic rings. The van der Waals surface area contributed by atoms with Crippen LogP contribution in [0.25, 0.3) is 0 Å². The number of quaternary nitrogens is 1. The van der Waals surface area contributed by atoms with Crippen molar-refractivity contribution >= 4 is 19.7 Å². The molecule has 0 bridgehead atoms. The van der Waals surface area contributed by atoms with Gasteiger partial charge in [0.1, 0.15) is 19.3 Å². The summed E-state index contributed by atoms with van der Waals surface area (Å²) < 4.78 is 30.2. The summed E-state index contributed by atoms with van der Waals surface area (Å²) in [6.45, 7) is 6.70. The van der Waals surface area contributed by atoms with Crippen molar-refractivity contribution in [2.75, 3.05) is 40.9 Å². The minimum atomic E-state index is -4.69.